The molecule has 0 saturated heterocycles. The van der Waals surface area contributed by atoms with Gasteiger partial charge in [-0.15, -0.1) is 0 Å². The zero-order chi connectivity index (χ0) is 12.4. The van der Waals surface area contributed by atoms with Gasteiger partial charge in [-0.05, 0) is 17.7 Å². The summed E-state index contributed by atoms with van der Waals surface area (Å²) in [5, 5.41) is 10.9. The van der Waals surface area contributed by atoms with Gasteiger partial charge in [0.2, 0.25) is 0 Å². The lowest BCUT2D eigenvalue weighted by molar-refractivity contribution is -0.136. The minimum absolute atomic E-state index is 0.0811. The number of Topliss-reactive ketones (excluding diaryl/α,β-unsaturated/α-hetero) is 1. The molecule has 1 aromatic rings. The van der Waals surface area contributed by atoms with Crippen molar-refractivity contribution in [3.8, 4) is 0 Å². The van der Waals surface area contributed by atoms with Crippen LogP contribution in [0.5, 0.6) is 0 Å². The van der Waals surface area contributed by atoms with Crippen LogP contribution in [-0.2, 0) is 9.59 Å². The Labute approximate surface area is 96.8 Å². The van der Waals surface area contributed by atoms with Crippen LogP contribution in [0.4, 0.5) is 5.69 Å². The molecule has 1 amide bonds. The van der Waals surface area contributed by atoms with Crippen LogP contribution in [0.1, 0.15) is 22.3 Å². The second-order valence-corrected chi connectivity index (χ2v) is 3.59. The molecule has 2 rings (SSSR count). The fraction of sp³-hybridized carbons (Fsp3) is 0.0833. The van der Waals surface area contributed by atoms with Gasteiger partial charge in [0.1, 0.15) is 0 Å². The number of ketones is 1. The molecule has 1 aromatic carbocycles. The molecule has 0 fully saturated rings. The van der Waals surface area contributed by atoms with Crippen molar-refractivity contribution < 1.29 is 19.5 Å². The zero-order valence-corrected chi connectivity index (χ0v) is 8.77. The average molecular weight is 231 g/mol. The average Bonchev–Trinajstić information content (AvgIpc) is 2.55. The van der Waals surface area contributed by atoms with Gasteiger partial charge in [-0.2, -0.15) is 0 Å². The summed E-state index contributed by atoms with van der Waals surface area (Å²) in [5.41, 5.74) is 1.51. The van der Waals surface area contributed by atoms with Gasteiger partial charge < -0.3 is 10.4 Å². The molecule has 0 atom stereocenters. The van der Waals surface area contributed by atoms with Crippen molar-refractivity contribution in [2.24, 2.45) is 0 Å². The van der Waals surface area contributed by atoms with E-state index < -0.39 is 17.7 Å². The van der Waals surface area contributed by atoms with E-state index in [2.05, 4.69) is 5.32 Å². The number of carboxylic acids is 1. The number of nitrogens with one attached hydrogen (secondary N) is 1. The number of anilines is 1. The molecule has 17 heavy (non-hydrogen) atoms. The summed E-state index contributed by atoms with van der Waals surface area (Å²) in [6, 6.07) is 4.89. The fourth-order valence-electron chi connectivity index (χ4n) is 1.56. The Morgan fingerprint density at radius 3 is 2.82 bits per heavy atom. The lowest BCUT2D eigenvalue weighted by Gasteiger charge is -1.98. The van der Waals surface area contributed by atoms with E-state index in [9.17, 15) is 14.4 Å². The first-order valence-corrected chi connectivity index (χ1v) is 4.96. The lowest BCUT2D eigenvalue weighted by Crippen LogP contribution is -2.12. The highest BCUT2D eigenvalue weighted by molar-refractivity contribution is 6.51. The van der Waals surface area contributed by atoms with Crippen molar-refractivity contribution >= 4 is 29.4 Å². The Morgan fingerprint density at radius 1 is 1.35 bits per heavy atom. The molecule has 86 valence electrons. The molecule has 5 nitrogen and oxygen atoms in total. The standard InChI is InChI=1S/C12H9NO4/c14-10(15)3-1-2-7-4-5-9-8(6-7)11(16)12(17)13-9/h1-2,4-6H,3H2,(H,14,15)(H,13,16,17). The van der Waals surface area contributed by atoms with Gasteiger partial charge >= 0.3 is 5.97 Å². The third kappa shape index (κ3) is 2.23. The van der Waals surface area contributed by atoms with Crippen LogP contribution < -0.4 is 5.32 Å². The number of amides is 1. The van der Waals surface area contributed by atoms with Crippen molar-refractivity contribution in [2.75, 3.05) is 5.32 Å². The maximum atomic E-state index is 11.4. The van der Waals surface area contributed by atoms with Crippen LogP contribution >= 0.6 is 0 Å². The maximum absolute atomic E-state index is 11.4. The summed E-state index contributed by atoms with van der Waals surface area (Å²) in [6.45, 7) is 0. The van der Waals surface area contributed by atoms with Gasteiger partial charge in [0.15, 0.2) is 0 Å². The molecule has 1 aliphatic heterocycles. The quantitative estimate of drug-likeness (QED) is 0.768. The molecule has 0 unspecified atom stereocenters. The molecule has 1 heterocycles. The molecule has 0 saturated carbocycles. The Morgan fingerprint density at radius 2 is 2.12 bits per heavy atom. The summed E-state index contributed by atoms with van der Waals surface area (Å²) in [7, 11) is 0. The Bertz CT molecular complexity index is 545. The van der Waals surface area contributed by atoms with Crippen molar-refractivity contribution in [3.05, 3.63) is 35.4 Å². The summed E-state index contributed by atoms with van der Waals surface area (Å²) in [5.74, 6) is -2.12. The van der Waals surface area contributed by atoms with Crippen molar-refractivity contribution in [2.45, 2.75) is 6.42 Å². The molecular weight excluding hydrogens is 222 g/mol. The first-order chi connectivity index (χ1) is 8.08. The smallest absolute Gasteiger partial charge is 0.307 e. The fourth-order valence-corrected chi connectivity index (χ4v) is 1.56. The molecule has 0 aromatic heterocycles. The highest BCUT2D eigenvalue weighted by Gasteiger charge is 2.27. The first-order valence-electron chi connectivity index (χ1n) is 4.96. The molecule has 0 aliphatic carbocycles. The highest BCUT2D eigenvalue weighted by Crippen LogP contribution is 2.24. The van der Waals surface area contributed by atoms with Crippen molar-refractivity contribution in [3.63, 3.8) is 0 Å². The molecule has 5 heteroatoms. The maximum Gasteiger partial charge on any atom is 0.307 e. The third-order valence-electron chi connectivity index (χ3n) is 2.35. The number of benzene rings is 1. The Hall–Kier alpha value is -2.43. The molecule has 0 spiro atoms. The van der Waals surface area contributed by atoms with E-state index in [1.807, 2.05) is 0 Å². The van der Waals surface area contributed by atoms with Crippen LogP contribution in [0.3, 0.4) is 0 Å². The number of hydrogen-bond acceptors (Lipinski definition) is 3. The van der Waals surface area contributed by atoms with E-state index in [-0.39, 0.29) is 6.42 Å². The highest BCUT2D eigenvalue weighted by atomic mass is 16.4. The zero-order valence-electron chi connectivity index (χ0n) is 8.77. The lowest BCUT2D eigenvalue weighted by atomic mass is 10.1. The Balaban J connectivity index is 2.23. The molecule has 0 radical (unpaired) electrons. The molecule has 0 bridgehead atoms. The Kier molecular flexibility index (Phi) is 2.74. The third-order valence-corrected chi connectivity index (χ3v) is 2.35. The van der Waals surface area contributed by atoms with E-state index in [0.717, 1.165) is 0 Å². The molecule has 1 aliphatic rings. The number of carbonyl (C=O) groups is 3. The van der Waals surface area contributed by atoms with Crippen LogP contribution in [0, 0.1) is 0 Å². The monoisotopic (exact) mass is 231 g/mol. The van der Waals surface area contributed by atoms with Gasteiger partial charge in [-0.3, -0.25) is 14.4 Å². The predicted molar refractivity (Wildman–Crippen MR) is 60.7 cm³/mol. The van der Waals surface area contributed by atoms with Crippen LogP contribution in [-0.4, -0.2) is 22.8 Å². The second kappa shape index (κ2) is 4.21. The van der Waals surface area contributed by atoms with Crippen molar-refractivity contribution in [1.82, 2.24) is 0 Å². The number of carbonyl (C=O) groups excluding carboxylic acids is 2. The topological polar surface area (TPSA) is 83.5 Å². The second-order valence-electron chi connectivity index (χ2n) is 3.59. The van der Waals surface area contributed by atoms with Crippen molar-refractivity contribution in [1.29, 1.82) is 0 Å². The van der Waals surface area contributed by atoms with Gasteiger partial charge in [-0.25, -0.2) is 0 Å². The minimum atomic E-state index is -0.921. The summed E-state index contributed by atoms with van der Waals surface area (Å²) in [6.07, 6.45) is 3.01. The number of hydrogen-bond donors (Lipinski definition) is 2. The minimum Gasteiger partial charge on any atom is -0.481 e. The summed E-state index contributed by atoms with van der Waals surface area (Å²) in [4.78, 5) is 32.8. The van der Waals surface area contributed by atoms with Crippen LogP contribution in [0.15, 0.2) is 24.3 Å². The predicted octanol–water partition coefficient (Wildman–Crippen LogP) is 1.31. The van der Waals surface area contributed by atoms with E-state index in [4.69, 9.17) is 5.11 Å². The van der Waals surface area contributed by atoms with Crippen LogP contribution in [0.2, 0.25) is 0 Å². The number of aliphatic carboxylic acids is 1. The van der Waals surface area contributed by atoms with Gasteiger partial charge in [0, 0.05) is 0 Å². The van der Waals surface area contributed by atoms with E-state index in [1.54, 1.807) is 24.3 Å². The normalized spacial score (nSPS) is 13.9. The van der Waals surface area contributed by atoms with E-state index in [1.165, 1.54) is 6.08 Å². The number of rotatable bonds is 3. The summed E-state index contributed by atoms with van der Waals surface area (Å²) >= 11 is 0. The van der Waals surface area contributed by atoms with Gasteiger partial charge in [0.25, 0.3) is 11.7 Å². The van der Waals surface area contributed by atoms with Gasteiger partial charge in [0.05, 0.1) is 17.7 Å². The van der Waals surface area contributed by atoms with E-state index in [0.29, 0.717) is 16.8 Å². The largest absolute Gasteiger partial charge is 0.481 e. The van der Waals surface area contributed by atoms with Gasteiger partial charge in [-0.1, -0.05) is 18.2 Å². The molecular formula is C12H9NO4. The van der Waals surface area contributed by atoms with E-state index >= 15 is 0 Å². The number of carboxylic acid groups (broad SMARTS) is 1. The number of fused-ring (bicyclic) bond motifs is 1. The van der Waals surface area contributed by atoms with Crippen LogP contribution in [0.25, 0.3) is 6.08 Å². The summed E-state index contributed by atoms with van der Waals surface area (Å²) < 4.78 is 0. The SMILES string of the molecule is O=C(O)CC=Cc1ccc2c(c1)C(=O)C(=O)N2. The molecule has 2 N–H and O–H groups in total. The first kappa shape index (κ1) is 11.1.